The SMILES string of the molecule is Clc1cc(CCN2CCCCC2)ccc1OCC1CC1.O=CO. The molecular formula is C18H26ClNO3. The van der Waals surface area contributed by atoms with E-state index in [9.17, 15) is 0 Å². The minimum Gasteiger partial charge on any atom is -0.492 e. The lowest BCUT2D eigenvalue weighted by Gasteiger charge is -2.26. The van der Waals surface area contributed by atoms with Crippen LogP contribution in [-0.4, -0.2) is 42.7 Å². The summed E-state index contributed by atoms with van der Waals surface area (Å²) in [5.41, 5.74) is 1.32. The third-order valence-electron chi connectivity index (χ3n) is 4.33. The Morgan fingerprint density at radius 1 is 1.26 bits per heavy atom. The molecule has 1 aromatic carbocycles. The summed E-state index contributed by atoms with van der Waals surface area (Å²) in [4.78, 5) is 10.9. The lowest BCUT2D eigenvalue weighted by atomic mass is 10.1. The van der Waals surface area contributed by atoms with Crippen molar-refractivity contribution in [1.82, 2.24) is 4.90 Å². The number of halogens is 1. The maximum atomic E-state index is 8.36. The predicted molar refractivity (Wildman–Crippen MR) is 92.4 cm³/mol. The highest BCUT2D eigenvalue weighted by Gasteiger charge is 2.22. The zero-order valence-corrected chi connectivity index (χ0v) is 14.3. The van der Waals surface area contributed by atoms with Crippen molar-refractivity contribution in [2.24, 2.45) is 5.92 Å². The fraction of sp³-hybridized carbons (Fsp3) is 0.611. The normalized spacial score (nSPS) is 18.0. The topological polar surface area (TPSA) is 49.8 Å². The number of likely N-dealkylation sites (tertiary alicyclic amines) is 1. The van der Waals surface area contributed by atoms with E-state index in [1.807, 2.05) is 6.07 Å². The van der Waals surface area contributed by atoms with Crippen LogP contribution in [0.2, 0.25) is 5.02 Å². The molecule has 1 aliphatic heterocycles. The molecule has 0 atom stereocenters. The standard InChI is InChI=1S/C17H24ClNO.CH2O2/c18-16-12-14(8-11-19-9-2-1-3-10-19)6-7-17(16)20-13-15-4-5-15;2-1-3/h6-7,12,15H,1-5,8-11,13H2;1H,(H,2,3). The molecule has 0 bridgehead atoms. The third-order valence-corrected chi connectivity index (χ3v) is 4.63. The number of rotatable bonds is 6. The summed E-state index contributed by atoms with van der Waals surface area (Å²) >= 11 is 6.32. The average Bonchev–Trinajstić information content (AvgIpc) is 3.38. The van der Waals surface area contributed by atoms with Crippen LogP contribution in [0, 0.1) is 5.92 Å². The summed E-state index contributed by atoms with van der Waals surface area (Å²) in [5, 5.41) is 7.65. The molecule has 4 nitrogen and oxygen atoms in total. The molecule has 1 aromatic rings. The first kappa shape index (κ1) is 18.1. The quantitative estimate of drug-likeness (QED) is 0.799. The van der Waals surface area contributed by atoms with Crippen LogP contribution in [0.15, 0.2) is 18.2 Å². The first-order valence-electron chi connectivity index (χ1n) is 8.44. The molecule has 0 unspecified atom stereocenters. The van der Waals surface area contributed by atoms with Crippen molar-refractivity contribution in [3.8, 4) is 5.75 Å². The van der Waals surface area contributed by atoms with Gasteiger partial charge in [0.15, 0.2) is 0 Å². The molecule has 2 fully saturated rings. The van der Waals surface area contributed by atoms with E-state index < -0.39 is 0 Å². The summed E-state index contributed by atoms with van der Waals surface area (Å²) in [7, 11) is 0. The summed E-state index contributed by atoms with van der Waals surface area (Å²) < 4.78 is 5.77. The monoisotopic (exact) mass is 339 g/mol. The van der Waals surface area contributed by atoms with E-state index in [1.54, 1.807) is 0 Å². The molecule has 23 heavy (non-hydrogen) atoms. The summed E-state index contributed by atoms with van der Waals surface area (Å²) in [6, 6.07) is 6.28. The van der Waals surface area contributed by atoms with Gasteiger partial charge in [0.1, 0.15) is 5.75 Å². The lowest BCUT2D eigenvalue weighted by Crippen LogP contribution is -2.31. The molecule has 1 N–H and O–H groups in total. The van der Waals surface area contributed by atoms with Crippen molar-refractivity contribution < 1.29 is 14.6 Å². The molecule has 0 amide bonds. The Balaban J connectivity index is 0.000000595. The molecule has 1 heterocycles. The minimum atomic E-state index is -0.250. The fourth-order valence-electron chi connectivity index (χ4n) is 2.78. The zero-order valence-electron chi connectivity index (χ0n) is 13.5. The predicted octanol–water partition coefficient (Wildman–Crippen LogP) is 3.86. The Hall–Kier alpha value is -1.26. The van der Waals surface area contributed by atoms with E-state index in [-0.39, 0.29) is 6.47 Å². The Labute approximate surface area is 143 Å². The van der Waals surface area contributed by atoms with Crippen molar-refractivity contribution >= 4 is 18.1 Å². The zero-order chi connectivity index (χ0) is 16.5. The van der Waals surface area contributed by atoms with Crippen molar-refractivity contribution in [2.45, 2.75) is 38.5 Å². The lowest BCUT2D eigenvalue weighted by molar-refractivity contribution is -0.122. The molecule has 2 aliphatic rings. The van der Waals surface area contributed by atoms with Gasteiger partial charge in [0, 0.05) is 6.54 Å². The Kier molecular flexibility index (Phi) is 7.69. The number of hydrogen-bond acceptors (Lipinski definition) is 3. The molecule has 1 aliphatic carbocycles. The first-order valence-corrected chi connectivity index (χ1v) is 8.82. The van der Waals surface area contributed by atoms with Crippen LogP contribution in [0.1, 0.15) is 37.7 Å². The summed E-state index contributed by atoms with van der Waals surface area (Å²) in [6.07, 6.45) is 7.82. The molecule has 1 saturated heterocycles. The largest absolute Gasteiger partial charge is 0.492 e. The first-order chi connectivity index (χ1) is 11.2. The van der Waals surface area contributed by atoms with Crippen LogP contribution in [0.25, 0.3) is 0 Å². The van der Waals surface area contributed by atoms with E-state index in [0.29, 0.717) is 0 Å². The molecule has 5 heteroatoms. The van der Waals surface area contributed by atoms with Crippen LogP contribution >= 0.6 is 11.6 Å². The van der Waals surface area contributed by atoms with E-state index in [2.05, 4.69) is 17.0 Å². The Morgan fingerprint density at radius 2 is 1.96 bits per heavy atom. The van der Waals surface area contributed by atoms with E-state index >= 15 is 0 Å². The highest BCUT2D eigenvalue weighted by Crippen LogP contribution is 2.32. The van der Waals surface area contributed by atoms with Gasteiger partial charge in [0.2, 0.25) is 0 Å². The molecule has 0 radical (unpaired) electrons. The van der Waals surface area contributed by atoms with E-state index in [0.717, 1.165) is 36.3 Å². The van der Waals surface area contributed by atoms with Gasteiger partial charge in [-0.15, -0.1) is 0 Å². The number of piperidine rings is 1. The van der Waals surface area contributed by atoms with Crippen molar-refractivity contribution in [2.75, 3.05) is 26.2 Å². The number of carboxylic acid groups (broad SMARTS) is 1. The van der Waals surface area contributed by atoms with E-state index in [4.69, 9.17) is 26.2 Å². The molecule has 1 saturated carbocycles. The van der Waals surface area contributed by atoms with Crippen molar-refractivity contribution in [3.63, 3.8) is 0 Å². The van der Waals surface area contributed by atoms with Crippen LogP contribution < -0.4 is 4.74 Å². The van der Waals surface area contributed by atoms with Crippen LogP contribution in [0.4, 0.5) is 0 Å². The van der Waals surface area contributed by atoms with Gasteiger partial charge in [-0.05, 0) is 68.8 Å². The molecule has 0 aromatic heterocycles. The van der Waals surface area contributed by atoms with Gasteiger partial charge in [-0.1, -0.05) is 24.1 Å². The number of hydrogen-bond donors (Lipinski definition) is 1. The number of ether oxygens (including phenoxy) is 1. The van der Waals surface area contributed by atoms with Crippen LogP contribution in [-0.2, 0) is 11.2 Å². The van der Waals surface area contributed by atoms with Gasteiger partial charge >= 0.3 is 0 Å². The maximum Gasteiger partial charge on any atom is 0.290 e. The second-order valence-corrected chi connectivity index (χ2v) is 6.68. The maximum absolute atomic E-state index is 8.36. The third kappa shape index (κ3) is 6.80. The van der Waals surface area contributed by atoms with Crippen molar-refractivity contribution in [1.29, 1.82) is 0 Å². The van der Waals surface area contributed by atoms with Gasteiger partial charge in [-0.25, -0.2) is 0 Å². The second kappa shape index (κ2) is 9.78. The average molecular weight is 340 g/mol. The van der Waals surface area contributed by atoms with Crippen molar-refractivity contribution in [3.05, 3.63) is 28.8 Å². The minimum absolute atomic E-state index is 0.250. The van der Waals surface area contributed by atoms with Gasteiger partial charge in [0.25, 0.3) is 6.47 Å². The van der Waals surface area contributed by atoms with Gasteiger partial charge < -0.3 is 14.7 Å². The number of benzene rings is 1. The molecule has 128 valence electrons. The Morgan fingerprint density at radius 3 is 2.57 bits per heavy atom. The molecular weight excluding hydrogens is 314 g/mol. The number of nitrogens with zero attached hydrogens (tertiary/aromatic N) is 1. The van der Waals surface area contributed by atoms with Crippen LogP contribution in [0.3, 0.4) is 0 Å². The fourth-order valence-corrected chi connectivity index (χ4v) is 3.04. The second-order valence-electron chi connectivity index (χ2n) is 6.28. The highest BCUT2D eigenvalue weighted by molar-refractivity contribution is 6.32. The van der Waals surface area contributed by atoms with E-state index in [1.165, 1.54) is 50.8 Å². The molecule has 3 rings (SSSR count). The van der Waals surface area contributed by atoms with Gasteiger partial charge in [-0.3, -0.25) is 4.79 Å². The number of carbonyl (C=O) groups is 1. The highest BCUT2D eigenvalue weighted by atomic mass is 35.5. The molecule has 0 spiro atoms. The van der Waals surface area contributed by atoms with Gasteiger partial charge in [0.05, 0.1) is 11.6 Å². The summed E-state index contributed by atoms with van der Waals surface area (Å²) in [6.45, 7) is 4.25. The Bertz CT molecular complexity index is 485. The smallest absolute Gasteiger partial charge is 0.290 e. The van der Waals surface area contributed by atoms with Crippen LogP contribution in [0.5, 0.6) is 5.75 Å². The summed E-state index contributed by atoms with van der Waals surface area (Å²) in [5.74, 6) is 1.62. The van der Waals surface area contributed by atoms with Gasteiger partial charge in [-0.2, -0.15) is 0 Å².